The molecule has 6 amide bonds. The molecule has 0 radical (unpaired) electrons. The number of piperidine rings is 2. The van der Waals surface area contributed by atoms with E-state index in [1.54, 1.807) is 49.9 Å². The Morgan fingerprint density at radius 2 is 1.50 bits per heavy atom. The summed E-state index contributed by atoms with van der Waals surface area (Å²) in [5.41, 5.74) is 5.71. The Hall–Kier alpha value is -5.74. The second-order valence-electron chi connectivity index (χ2n) is 15.7. The first-order valence-corrected chi connectivity index (χ1v) is 20.0. The number of ether oxygens (including phenoxy) is 2. The molecule has 6 heterocycles. The molecular weight excluding hydrogens is 745 g/mol. The number of pyridine rings is 1. The van der Waals surface area contributed by atoms with Crippen LogP contribution in [0.5, 0.6) is 11.5 Å². The Bertz CT molecular complexity index is 2210. The van der Waals surface area contributed by atoms with Crippen molar-refractivity contribution in [1.82, 2.24) is 34.8 Å². The number of fused-ring (bicyclic) bond motifs is 2. The van der Waals surface area contributed by atoms with Crippen molar-refractivity contribution in [1.29, 1.82) is 0 Å². The fraction of sp³-hybridized carbons (Fsp3) is 0.476. The third-order valence-electron chi connectivity index (χ3n) is 12.5. The van der Waals surface area contributed by atoms with E-state index in [1.165, 1.54) is 0 Å². The number of piperazine rings is 1. The van der Waals surface area contributed by atoms with Crippen LogP contribution in [0.2, 0.25) is 0 Å². The van der Waals surface area contributed by atoms with Gasteiger partial charge in [-0.1, -0.05) is 0 Å². The van der Waals surface area contributed by atoms with Crippen molar-refractivity contribution in [2.75, 3.05) is 72.0 Å². The maximum Gasteiger partial charge on any atom is 0.317 e. The number of likely N-dealkylation sites (tertiary alicyclic amines) is 1. The molecule has 306 valence electrons. The summed E-state index contributed by atoms with van der Waals surface area (Å²) in [6, 6.07) is 8.63. The van der Waals surface area contributed by atoms with Gasteiger partial charge in [0, 0.05) is 88.8 Å². The highest BCUT2D eigenvalue weighted by Gasteiger charge is 2.45. The van der Waals surface area contributed by atoms with Gasteiger partial charge in [-0.15, -0.1) is 0 Å². The molecule has 1 aromatic heterocycles. The fourth-order valence-electron chi connectivity index (χ4n) is 9.34. The van der Waals surface area contributed by atoms with Crippen LogP contribution in [0.4, 0.5) is 10.5 Å². The largest absolute Gasteiger partial charge is 0.496 e. The zero-order valence-electron chi connectivity index (χ0n) is 33.5. The summed E-state index contributed by atoms with van der Waals surface area (Å²) in [5, 5.41) is 4.91. The lowest BCUT2D eigenvalue weighted by Gasteiger charge is -2.43. The van der Waals surface area contributed by atoms with E-state index in [0.717, 1.165) is 96.5 Å². The van der Waals surface area contributed by atoms with Gasteiger partial charge in [0.1, 0.15) is 17.5 Å². The maximum absolute atomic E-state index is 13.4. The molecule has 2 N–H and O–H groups in total. The summed E-state index contributed by atoms with van der Waals surface area (Å²) in [5.74, 6) is -0.557. The summed E-state index contributed by atoms with van der Waals surface area (Å²) in [6.45, 7) is 6.58. The SMILES string of the molecule is CNC(=O)N1CCc2c(-c3cc(OC)c(CN4CCC(N5CCN(c6ccc7c(c6)C(=O)N(C6CCC(=O)NC6=O)C7=O)CC5)CC4)c(OC)c3)cn(C)c(=O)c2C1. The van der Waals surface area contributed by atoms with E-state index in [9.17, 15) is 28.8 Å². The number of amides is 6. The van der Waals surface area contributed by atoms with Crippen molar-refractivity contribution in [2.24, 2.45) is 7.05 Å². The number of imide groups is 2. The lowest BCUT2D eigenvalue weighted by molar-refractivity contribution is -0.136. The van der Waals surface area contributed by atoms with Gasteiger partial charge in [0.05, 0.1) is 37.5 Å². The number of aryl methyl sites for hydroxylation is 1. The molecule has 3 saturated heterocycles. The van der Waals surface area contributed by atoms with Gasteiger partial charge in [0.25, 0.3) is 17.4 Å². The number of methoxy groups -OCH3 is 2. The number of nitrogens with zero attached hydrogens (tertiary/aromatic N) is 6. The molecule has 58 heavy (non-hydrogen) atoms. The van der Waals surface area contributed by atoms with Gasteiger partial charge in [-0.25, -0.2) is 4.79 Å². The van der Waals surface area contributed by atoms with Crippen LogP contribution in [0, 0.1) is 0 Å². The first-order valence-electron chi connectivity index (χ1n) is 20.0. The second kappa shape index (κ2) is 15.9. The van der Waals surface area contributed by atoms with E-state index in [-0.39, 0.29) is 36.5 Å². The highest BCUT2D eigenvalue weighted by Crippen LogP contribution is 2.39. The van der Waals surface area contributed by atoms with Crippen LogP contribution in [-0.4, -0.2) is 133 Å². The average molecular weight is 795 g/mol. The molecular formula is C42H50N8O8. The van der Waals surface area contributed by atoms with Crippen molar-refractivity contribution in [2.45, 2.75) is 57.3 Å². The van der Waals surface area contributed by atoms with Gasteiger partial charge in [0.15, 0.2) is 0 Å². The Labute approximate surface area is 336 Å². The predicted octanol–water partition coefficient (Wildman–Crippen LogP) is 1.95. The minimum absolute atomic E-state index is 0.0850. The first kappa shape index (κ1) is 39.1. The first-order chi connectivity index (χ1) is 28.0. The molecule has 3 aromatic rings. The van der Waals surface area contributed by atoms with E-state index in [2.05, 4.69) is 25.3 Å². The normalized spacial score (nSPS) is 20.6. The zero-order chi connectivity index (χ0) is 40.8. The topological polar surface area (TPSA) is 166 Å². The molecule has 3 fully saturated rings. The van der Waals surface area contributed by atoms with E-state index >= 15 is 0 Å². The lowest BCUT2D eigenvalue weighted by atomic mass is 9.91. The molecule has 5 aliphatic rings. The van der Waals surface area contributed by atoms with Crippen LogP contribution >= 0.6 is 0 Å². The number of rotatable bonds is 8. The number of hydrogen-bond donors (Lipinski definition) is 2. The Kier molecular flexibility index (Phi) is 10.7. The zero-order valence-corrected chi connectivity index (χ0v) is 33.5. The van der Waals surface area contributed by atoms with Crippen molar-refractivity contribution in [3.63, 3.8) is 0 Å². The van der Waals surface area contributed by atoms with Crippen molar-refractivity contribution < 1.29 is 33.4 Å². The molecule has 0 aliphatic carbocycles. The van der Waals surface area contributed by atoms with Crippen LogP contribution in [0.15, 0.2) is 41.3 Å². The van der Waals surface area contributed by atoms with Gasteiger partial charge >= 0.3 is 6.03 Å². The molecule has 0 bridgehead atoms. The van der Waals surface area contributed by atoms with E-state index in [0.29, 0.717) is 36.7 Å². The fourth-order valence-corrected chi connectivity index (χ4v) is 9.34. The van der Waals surface area contributed by atoms with Crippen LogP contribution < -0.4 is 30.6 Å². The number of anilines is 1. The van der Waals surface area contributed by atoms with Crippen molar-refractivity contribution >= 4 is 35.3 Å². The quantitative estimate of drug-likeness (QED) is 0.321. The van der Waals surface area contributed by atoms with Crippen molar-refractivity contribution in [3.8, 4) is 22.6 Å². The summed E-state index contributed by atoms with van der Waals surface area (Å²) >= 11 is 0. The van der Waals surface area contributed by atoms with Gasteiger partial charge in [-0.05, 0) is 80.2 Å². The molecule has 1 atom stereocenters. The number of aromatic nitrogens is 1. The Balaban J connectivity index is 0.892. The number of urea groups is 1. The second-order valence-corrected chi connectivity index (χ2v) is 15.7. The standard InChI is InChI=1S/C42H50N8O8/c1-43-42(56)49-14-11-28-31(22-45(2)39(53)32(28)24-49)25-19-35(57-3)33(36(20-25)58-4)23-46-12-9-26(10-13-46)47-15-17-48(18-16-47)27-5-6-29-30(21-27)41(55)50(40(29)54)34-7-8-37(51)44-38(34)52/h5-6,19-22,26,34H,7-18,23-24H2,1-4H3,(H,43,56)(H,44,51,52). The van der Waals surface area contributed by atoms with Gasteiger partial charge in [-0.3, -0.25) is 44.0 Å². The lowest BCUT2D eigenvalue weighted by Crippen LogP contribution is -2.54. The minimum atomic E-state index is -0.983. The Morgan fingerprint density at radius 1 is 0.810 bits per heavy atom. The molecule has 16 nitrogen and oxygen atoms in total. The monoisotopic (exact) mass is 794 g/mol. The summed E-state index contributed by atoms with van der Waals surface area (Å²) in [6.07, 6.45) is 4.68. The number of carbonyl (C=O) groups is 5. The summed E-state index contributed by atoms with van der Waals surface area (Å²) in [4.78, 5) is 86.2. The number of benzene rings is 2. The van der Waals surface area contributed by atoms with E-state index in [1.807, 2.05) is 24.4 Å². The van der Waals surface area contributed by atoms with Gasteiger partial charge < -0.3 is 29.2 Å². The van der Waals surface area contributed by atoms with Gasteiger partial charge in [-0.2, -0.15) is 0 Å². The molecule has 8 rings (SSSR count). The summed E-state index contributed by atoms with van der Waals surface area (Å²) in [7, 11) is 6.67. The third kappa shape index (κ3) is 7.08. The maximum atomic E-state index is 13.4. The number of nitrogens with one attached hydrogen (secondary N) is 2. The summed E-state index contributed by atoms with van der Waals surface area (Å²) < 4.78 is 13.5. The third-order valence-corrected chi connectivity index (χ3v) is 12.5. The molecule has 0 saturated carbocycles. The van der Waals surface area contributed by atoms with Crippen LogP contribution in [-0.2, 0) is 36.1 Å². The van der Waals surface area contributed by atoms with E-state index < -0.39 is 29.7 Å². The van der Waals surface area contributed by atoms with Crippen molar-refractivity contribution in [3.05, 3.63) is 74.7 Å². The Morgan fingerprint density at radius 3 is 2.16 bits per heavy atom. The van der Waals surface area contributed by atoms with E-state index in [4.69, 9.17) is 9.47 Å². The number of hydrogen-bond acceptors (Lipinski definition) is 11. The highest BCUT2D eigenvalue weighted by molar-refractivity contribution is 6.23. The number of carbonyl (C=O) groups excluding carboxylic acids is 5. The van der Waals surface area contributed by atoms with Gasteiger partial charge in [0.2, 0.25) is 11.8 Å². The smallest absolute Gasteiger partial charge is 0.317 e. The van der Waals surface area contributed by atoms with Crippen LogP contribution in [0.3, 0.4) is 0 Å². The van der Waals surface area contributed by atoms with Crippen LogP contribution in [0.25, 0.3) is 11.1 Å². The molecule has 5 aliphatic heterocycles. The molecule has 0 spiro atoms. The minimum Gasteiger partial charge on any atom is -0.496 e. The molecule has 16 heteroatoms. The average Bonchev–Trinajstić information content (AvgIpc) is 3.49. The molecule has 1 unspecified atom stereocenters. The highest BCUT2D eigenvalue weighted by atomic mass is 16.5. The van der Waals surface area contributed by atoms with Crippen LogP contribution in [0.1, 0.15) is 63.1 Å². The molecule has 2 aromatic carbocycles. The predicted molar refractivity (Wildman–Crippen MR) is 214 cm³/mol.